The smallest absolute Gasteiger partial charge is 0.280 e. The molecule has 0 bridgehead atoms. The number of aromatic nitrogens is 2. The number of nitrogens with one attached hydrogen (secondary N) is 1. The fourth-order valence-corrected chi connectivity index (χ4v) is 4.95. The zero-order valence-corrected chi connectivity index (χ0v) is 16.9. The summed E-state index contributed by atoms with van der Waals surface area (Å²) in [5, 5.41) is 0. The van der Waals surface area contributed by atoms with E-state index in [1.807, 2.05) is 6.07 Å². The van der Waals surface area contributed by atoms with Gasteiger partial charge in [0.05, 0.1) is 12.1 Å². The molecule has 1 fully saturated rings. The predicted octanol–water partition coefficient (Wildman–Crippen LogP) is 3.85. The number of benzene rings is 2. The molecule has 6 rings (SSSR count). The Morgan fingerprint density at radius 1 is 1.03 bits per heavy atom. The summed E-state index contributed by atoms with van der Waals surface area (Å²) in [5.74, 6) is 2.27. The van der Waals surface area contributed by atoms with Crippen molar-refractivity contribution >= 4 is 17.7 Å². The molecule has 3 heterocycles. The van der Waals surface area contributed by atoms with Gasteiger partial charge < -0.3 is 4.98 Å². The standard InChI is InChI=1S/C24H23N5O/c1-28-23(30)21-22(29-19-9-5-8-18(19)25-24(28)29)27-20(26-21)14-15-10-12-17(13-11-15)16-6-3-2-4-7-16/h2-4,6-7,10-13,18-19H,5,8-9,14H2,1H3,(H,26,27)/t18-,19+/m1/s1. The van der Waals surface area contributed by atoms with Gasteiger partial charge in [0.2, 0.25) is 5.96 Å². The van der Waals surface area contributed by atoms with Crippen LogP contribution >= 0.6 is 0 Å². The second-order valence-electron chi connectivity index (χ2n) is 8.35. The maximum absolute atomic E-state index is 12.9. The fraction of sp³-hybridized carbons (Fsp3) is 0.292. The van der Waals surface area contributed by atoms with E-state index in [9.17, 15) is 4.79 Å². The van der Waals surface area contributed by atoms with E-state index >= 15 is 0 Å². The molecule has 3 aromatic rings. The zero-order chi connectivity index (χ0) is 20.2. The highest BCUT2D eigenvalue weighted by Crippen LogP contribution is 2.39. The third kappa shape index (κ3) is 2.60. The van der Waals surface area contributed by atoms with Gasteiger partial charge >= 0.3 is 0 Å². The van der Waals surface area contributed by atoms with E-state index < -0.39 is 0 Å². The van der Waals surface area contributed by atoms with Crippen LogP contribution in [-0.4, -0.2) is 45.9 Å². The molecule has 0 spiro atoms. The number of hydrogen-bond acceptors (Lipinski definition) is 4. The Morgan fingerprint density at radius 3 is 2.60 bits per heavy atom. The van der Waals surface area contributed by atoms with Crippen molar-refractivity contribution in [1.29, 1.82) is 0 Å². The molecule has 0 saturated heterocycles. The lowest BCUT2D eigenvalue weighted by molar-refractivity contribution is 0.0859. The number of carbonyl (C=O) groups excluding carboxylic acids is 1. The normalized spacial score (nSPS) is 22.0. The van der Waals surface area contributed by atoms with Gasteiger partial charge in [-0.15, -0.1) is 0 Å². The minimum atomic E-state index is -0.0573. The lowest BCUT2D eigenvalue weighted by Crippen LogP contribution is -2.51. The Bertz CT molecular complexity index is 1150. The molecule has 30 heavy (non-hydrogen) atoms. The van der Waals surface area contributed by atoms with Crippen molar-refractivity contribution < 1.29 is 4.79 Å². The van der Waals surface area contributed by atoms with Gasteiger partial charge in [-0.2, -0.15) is 0 Å². The van der Waals surface area contributed by atoms with Gasteiger partial charge in [-0.25, -0.2) is 9.98 Å². The number of guanidine groups is 1. The molecule has 2 aliphatic heterocycles. The highest BCUT2D eigenvalue weighted by molar-refractivity contribution is 6.18. The Morgan fingerprint density at radius 2 is 1.80 bits per heavy atom. The first-order valence-electron chi connectivity index (χ1n) is 10.6. The molecule has 150 valence electrons. The first-order chi connectivity index (χ1) is 14.7. The Balaban J connectivity index is 1.30. The maximum atomic E-state index is 12.9. The van der Waals surface area contributed by atoms with Crippen molar-refractivity contribution in [3.05, 3.63) is 71.7 Å². The highest BCUT2D eigenvalue weighted by atomic mass is 16.2. The quantitative estimate of drug-likeness (QED) is 0.730. The Hall–Kier alpha value is -3.41. The second kappa shape index (κ2) is 6.55. The highest BCUT2D eigenvalue weighted by Gasteiger charge is 2.48. The number of amides is 1. The van der Waals surface area contributed by atoms with E-state index in [4.69, 9.17) is 9.98 Å². The number of fused-ring (bicyclic) bond motifs is 5. The van der Waals surface area contributed by atoms with E-state index in [0.717, 1.165) is 36.0 Å². The van der Waals surface area contributed by atoms with Crippen molar-refractivity contribution in [3.63, 3.8) is 0 Å². The number of imidazole rings is 1. The molecule has 0 unspecified atom stereocenters. The molecule has 1 saturated carbocycles. The molecule has 1 aliphatic carbocycles. The molecular formula is C24H23N5O. The van der Waals surface area contributed by atoms with Crippen molar-refractivity contribution in [2.24, 2.45) is 4.99 Å². The third-order valence-corrected chi connectivity index (χ3v) is 6.49. The molecule has 0 radical (unpaired) electrons. The van der Waals surface area contributed by atoms with Gasteiger partial charge in [0.1, 0.15) is 11.5 Å². The topological polar surface area (TPSA) is 64.6 Å². The average molecular weight is 397 g/mol. The van der Waals surface area contributed by atoms with Crippen LogP contribution in [0.3, 0.4) is 0 Å². The number of carbonyl (C=O) groups is 1. The monoisotopic (exact) mass is 397 g/mol. The lowest BCUT2D eigenvalue weighted by atomic mass is 10.0. The van der Waals surface area contributed by atoms with Crippen LogP contribution in [0.15, 0.2) is 59.6 Å². The van der Waals surface area contributed by atoms with Gasteiger partial charge in [0.15, 0.2) is 5.82 Å². The molecule has 2 atom stereocenters. The number of aromatic amines is 1. The van der Waals surface area contributed by atoms with Gasteiger partial charge in [-0.3, -0.25) is 14.6 Å². The molecule has 3 aliphatic rings. The summed E-state index contributed by atoms with van der Waals surface area (Å²) in [6.07, 6.45) is 4.03. The molecule has 2 aromatic carbocycles. The number of rotatable bonds is 3. The summed E-state index contributed by atoms with van der Waals surface area (Å²) >= 11 is 0. The van der Waals surface area contributed by atoms with Crippen LogP contribution in [0.2, 0.25) is 0 Å². The van der Waals surface area contributed by atoms with Crippen molar-refractivity contribution in [3.8, 4) is 11.1 Å². The maximum Gasteiger partial charge on any atom is 0.280 e. The van der Waals surface area contributed by atoms with E-state index in [-0.39, 0.29) is 11.9 Å². The van der Waals surface area contributed by atoms with Crippen LogP contribution in [0.25, 0.3) is 11.1 Å². The third-order valence-electron chi connectivity index (χ3n) is 6.49. The summed E-state index contributed by atoms with van der Waals surface area (Å²) in [7, 11) is 1.81. The molecule has 6 heteroatoms. The van der Waals surface area contributed by atoms with Crippen LogP contribution in [0.1, 0.15) is 41.1 Å². The first kappa shape index (κ1) is 17.4. The number of aliphatic imine (C=N–C) groups is 1. The predicted molar refractivity (Wildman–Crippen MR) is 117 cm³/mol. The van der Waals surface area contributed by atoms with Crippen molar-refractivity contribution in [2.75, 3.05) is 11.9 Å². The minimum absolute atomic E-state index is 0.0573. The molecular weight excluding hydrogens is 374 g/mol. The molecule has 1 aromatic heterocycles. The number of H-pyrrole nitrogens is 1. The first-order valence-corrected chi connectivity index (χ1v) is 10.6. The van der Waals surface area contributed by atoms with Gasteiger partial charge in [0.25, 0.3) is 5.91 Å². The molecule has 6 nitrogen and oxygen atoms in total. The fourth-order valence-electron chi connectivity index (χ4n) is 4.95. The van der Waals surface area contributed by atoms with Gasteiger partial charge in [-0.1, -0.05) is 54.6 Å². The Labute approximate surface area is 175 Å². The van der Waals surface area contributed by atoms with Gasteiger partial charge in [-0.05, 0) is 36.0 Å². The van der Waals surface area contributed by atoms with E-state index in [1.165, 1.54) is 17.5 Å². The number of hydrogen-bond donors (Lipinski definition) is 1. The summed E-state index contributed by atoms with van der Waals surface area (Å²) in [4.78, 5) is 29.7. The number of anilines is 1. The minimum Gasteiger partial charge on any atom is -0.336 e. The SMILES string of the molecule is CN1C(=O)c2[nH]c(Cc3ccc(-c4ccccc4)cc3)nc2N2C1=N[C@@H]1CCC[C@@H]12. The van der Waals surface area contributed by atoms with Crippen molar-refractivity contribution in [2.45, 2.75) is 37.8 Å². The van der Waals surface area contributed by atoms with Crippen LogP contribution < -0.4 is 4.90 Å². The van der Waals surface area contributed by atoms with E-state index in [0.29, 0.717) is 18.2 Å². The number of nitrogens with zero attached hydrogens (tertiary/aromatic N) is 4. The summed E-state index contributed by atoms with van der Waals surface area (Å²) < 4.78 is 0. The van der Waals surface area contributed by atoms with E-state index in [2.05, 4.69) is 58.4 Å². The average Bonchev–Trinajstić information content (AvgIpc) is 3.48. The summed E-state index contributed by atoms with van der Waals surface area (Å²) in [6, 6.07) is 19.5. The van der Waals surface area contributed by atoms with Crippen LogP contribution in [0, 0.1) is 0 Å². The summed E-state index contributed by atoms with van der Waals surface area (Å²) in [5.41, 5.74) is 4.15. The second-order valence-corrected chi connectivity index (χ2v) is 8.35. The summed E-state index contributed by atoms with van der Waals surface area (Å²) in [6.45, 7) is 0. The zero-order valence-electron chi connectivity index (χ0n) is 16.9. The van der Waals surface area contributed by atoms with Crippen LogP contribution in [-0.2, 0) is 6.42 Å². The Kier molecular flexibility index (Phi) is 3.81. The van der Waals surface area contributed by atoms with Crippen molar-refractivity contribution in [1.82, 2.24) is 14.9 Å². The molecule has 1 N–H and O–H groups in total. The lowest BCUT2D eigenvalue weighted by Gasteiger charge is -2.33. The molecule has 1 amide bonds. The van der Waals surface area contributed by atoms with Gasteiger partial charge in [0, 0.05) is 13.5 Å². The van der Waals surface area contributed by atoms with E-state index in [1.54, 1.807) is 11.9 Å². The van der Waals surface area contributed by atoms with Crippen LogP contribution in [0.5, 0.6) is 0 Å². The largest absolute Gasteiger partial charge is 0.336 e. The van der Waals surface area contributed by atoms with Crippen LogP contribution in [0.4, 0.5) is 5.82 Å².